The first kappa shape index (κ1) is 15.2. The molecule has 0 aliphatic rings. The standard InChI is InChI=1S/C13H19F2N3O/c1-3-6-17-13(16-2)18-7-8-19-10-4-5-11(14)12(15)9-10/h4-5,9H,3,6-8H2,1-2H3,(H2,16,17,18). The second-order valence-corrected chi connectivity index (χ2v) is 3.85. The molecule has 1 aromatic rings. The van der Waals surface area contributed by atoms with Crippen molar-refractivity contribution in [3.8, 4) is 5.75 Å². The van der Waals surface area contributed by atoms with Crippen molar-refractivity contribution >= 4 is 5.96 Å². The Morgan fingerprint density at radius 1 is 1.21 bits per heavy atom. The average molecular weight is 271 g/mol. The fourth-order valence-corrected chi connectivity index (χ4v) is 1.37. The van der Waals surface area contributed by atoms with Gasteiger partial charge in [0.1, 0.15) is 12.4 Å². The number of hydrogen-bond acceptors (Lipinski definition) is 2. The van der Waals surface area contributed by atoms with E-state index >= 15 is 0 Å². The number of guanidine groups is 1. The summed E-state index contributed by atoms with van der Waals surface area (Å²) in [6.07, 6.45) is 1.01. The molecule has 0 fully saturated rings. The molecule has 1 aromatic carbocycles. The van der Waals surface area contributed by atoms with Crippen LogP contribution < -0.4 is 15.4 Å². The van der Waals surface area contributed by atoms with Crippen LogP contribution in [0.4, 0.5) is 8.78 Å². The van der Waals surface area contributed by atoms with E-state index in [9.17, 15) is 8.78 Å². The molecule has 0 bridgehead atoms. The molecule has 0 saturated carbocycles. The van der Waals surface area contributed by atoms with Crippen LogP contribution in [0.1, 0.15) is 13.3 Å². The molecule has 19 heavy (non-hydrogen) atoms. The van der Waals surface area contributed by atoms with E-state index in [1.807, 2.05) is 0 Å². The second kappa shape index (κ2) is 8.29. The Kier molecular flexibility index (Phi) is 6.63. The van der Waals surface area contributed by atoms with Gasteiger partial charge in [-0.15, -0.1) is 0 Å². The van der Waals surface area contributed by atoms with Gasteiger partial charge in [-0.3, -0.25) is 4.99 Å². The Balaban J connectivity index is 2.28. The van der Waals surface area contributed by atoms with Crippen molar-refractivity contribution in [3.63, 3.8) is 0 Å². The van der Waals surface area contributed by atoms with Crippen molar-refractivity contribution in [2.24, 2.45) is 4.99 Å². The van der Waals surface area contributed by atoms with E-state index in [0.717, 1.165) is 25.1 Å². The van der Waals surface area contributed by atoms with Crippen molar-refractivity contribution < 1.29 is 13.5 Å². The minimum atomic E-state index is -0.911. The van der Waals surface area contributed by atoms with E-state index in [1.165, 1.54) is 6.07 Å². The summed E-state index contributed by atoms with van der Waals surface area (Å²) in [5.74, 6) is -0.798. The number of aliphatic imine (C=N–C) groups is 1. The highest BCUT2D eigenvalue weighted by atomic mass is 19.2. The largest absolute Gasteiger partial charge is 0.492 e. The number of hydrogen-bond donors (Lipinski definition) is 2. The number of benzene rings is 1. The Morgan fingerprint density at radius 2 is 1.95 bits per heavy atom. The lowest BCUT2D eigenvalue weighted by Gasteiger charge is -2.11. The third-order valence-electron chi connectivity index (χ3n) is 2.32. The molecule has 2 N–H and O–H groups in total. The van der Waals surface area contributed by atoms with Gasteiger partial charge in [0.15, 0.2) is 17.6 Å². The number of rotatable bonds is 6. The van der Waals surface area contributed by atoms with Crippen molar-refractivity contribution in [2.45, 2.75) is 13.3 Å². The quantitative estimate of drug-likeness (QED) is 0.472. The van der Waals surface area contributed by atoms with Gasteiger partial charge in [-0.25, -0.2) is 8.78 Å². The van der Waals surface area contributed by atoms with Crippen molar-refractivity contribution in [1.82, 2.24) is 10.6 Å². The summed E-state index contributed by atoms with van der Waals surface area (Å²) in [4.78, 5) is 4.03. The number of ether oxygens (including phenoxy) is 1. The summed E-state index contributed by atoms with van der Waals surface area (Å²) in [6.45, 7) is 3.75. The van der Waals surface area contributed by atoms with Gasteiger partial charge in [-0.2, -0.15) is 0 Å². The molecule has 0 aliphatic heterocycles. The zero-order valence-corrected chi connectivity index (χ0v) is 11.2. The van der Waals surface area contributed by atoms with Gasteiger partial charge in [0.25, 0.3) is 0 Å². The zero-order valence-electron chi connectivity index (χ0n) is 11.2. The van der Waals surface area contributed by atoms with Crippen LogP contribution in [-0.2, 0) is 0 Å². The molecular formula is C13H19F2N3O. The fraction of sp³-hybridized carbons (Fsp3) is 0.462. The van der Waals surface area contributed by atoms with Crippen molar-refractivity contribution in [2.75, 3.05) is 26.7 Å². The van der Waals surface area contributed by atoms with E-state index < -0.39 is 11.6 Å². The second-order valence-electron chi connectivity index (χ2n) is 3.85. The third kappa shape index (κ3) is 5.54. The lowest BCUT2D eigenvalue weighted by molar-refractivity contribution is 0.318. The minimum Gasteiger partial charge on any atom is -0.492 e. The molecule has 1 rings (SSSR count). The summed E-state index contributed by atoms with van der Waals surface area (Å²) in [5.41, 5.74) is 0. The smallest absolute Gasteiger partial charge is 0.191 e. The summed E-state index contributed by atoms with van der Waals surface area (Å²) < 4.78 is 30.9. The van der Waals surface area contributed by atoms with Gasteiger partial charge >= 0.3 is 0 Å². The highest BCUT2D eigenvalue weighted by Crippen LogP contribution is 2.14. The maximum atomic E-state index is 12.9. The Hall–Kier alpha value is -1.85. The predicted octanol–water partition coefficient (Wildman–Crippen LogP) is 1.92. The molecule has 0 unspecified atom stereocenters. The maximum absolute atomic E-state index is 12.9. The van der Waals surface area contributed by atoms with Gasteiger partial charge in [0, 0.05) is 19.7 Å². The molecule has 6 heteroatoms. The van der Waals surface area contributed by atoms with E-state index in [0.29, 0.717) is 24.9 Å². The SMILES string of the molecule is CCCNC(=NC)NCCOc1ccc(F)c(F)c1. The molecule has 0 atom stereocenters. The lowest BCUT2D eigenvalue weighted by Crippen LogP contribution is -2.39. The van der Waals surface area contributed by atoms with Crippen molar-refractivity contribution in [3.05, 3.63) is 29.8 Å². The van der Waals surface area contributed by atoms with E-state index in [4.69, 9.17) is 4.74 Å². The molecule has 0 spiro atoms. The highest BCUT2D eigenvalue weighted by molar-refractivity contribution is 5.79. The van der Waals surface area contributed by atoms with Crippen LogP contribution in [0.15, 0.2) is 23.2 Å². The molecule has 0 aliphatic carbocycles. The molecular weight excluding hydrogens is 252 g/mol. The summed E-state index contributed by atoms with van der Waals surface area (Å²) >= 11 is 0. The topological polar surface area (TPSA) is 45.7 Å². The first-order valence-corrected chi connectivity index (χ1v) is 6.19. The first-order chi connectivity index (χ1) is 9.17. The molecule has 0 heterocycles. The number of nitrogens with zero attached hydrogens (tertiary/aromatic N) is 1. The van der Waals surface area contributed by atoms with Gasteiger partial charge < -0.3 is 15.4 Å². The lowest BCUT2D eigenvalue weighted by atomic mass is 10.3. The minimum absolute atomic E-state index is 0.303. The molecule has 0 radical (unpaired) electrons. The summed E-state index contributed by atoms with van der Waals surface area (Å²) in [5, 5.41) is 6.15. The van der Waals surface area contributed by atoms with Crippen LogP contribution in [0.5, 0.6) is 5.75 Å². The van der Waals surface area contributed by atoms with Crippen LogP contribution in [0, 0.1) is 11.6 Å². The van der Waals surface area contributed by atoms with E-state index in [1.54, 1.807) is 7.05 Å². The van der Waals surface area contributed by atoms with Gasteiger partial charge in [0.05, 0.1) is 6.54 Å². The van der Waals surface area contributed by atoms with Gasteiger partial charge in [0.2, 0.25) is 0 Å². The molecule has 4 nitrogen and oxygen atoms in total. The molecule has 0 aromatic heterocycles. The number of nitrogens with one attached hydrogen (secondary N) is 2. The average Bonchev–Trinajstić information content (AvgIpc) is 2.42. The predicted molar refractivity (Wildman–Crippen MR) is 71.5 cm³/mol. The molecule has 0 saturated heterocycles. The van der Waals surface area contributed by atoms with Gasteiger partial charge in [-0.1, -0.05) is 6.92 Å². The van der Waals surface area contributed by atoms with E-state index in [2.05, 4.69) is 22.5 Å². The fourth-order valence-electron chi connectivity index (χ4n) is 1.37. The van der Waals surface area contributed by atoms with Crippen LogP contribution in [0.2, 0.25) is 0 Å². The first-order valence-electron chi connectivity index (χ1n) is 6.19. The van der Waals surface area contributed by atoms with Crippen LogP contribution in [0.25, 0.3) is 0 Å². The number of halogens is 2. The van der Waals surface area contributed by atoms with E-state index in [-0.39, 0.29) is 0 Å². The Morgan fingerprint density at radius 3 is 2.58 bits per heavy atom. The van der Waals surface area contributed by atoms with Crippen LogP contribution in [-0.4, -0.2) is 32.7 Å². The molecule has 0 amide bonds. The normalized spacial score (nSPS) is 11.3. The van der Waals surface area contributed by atoms with Gasteiger partial charge in [-0.05, 0) is 18.6 Å². The summed E-state index contributed by atoms with van der Waals surface area (Å²) in [6, 6.07) is 3.46. The molecule has 106 valence electrons. The highest BCUT2D eigenvalue weighted by Gasteiger charge is 2.03. The van der Waals surface area contributed by atoms with Crippen LogP contribution >= 0.6 is 0 Å². The Labute approximate surface area is 111 Å². The zero-order chi connectivity index (χ0) is 14.1. The summed E-state index contributed by atoms with van der Waals surface area (Å²) in [7, 11) is 1.68. The monoisotopic (exact) mass is 271 g/mol. The van der Waals surface area contributed by atoms with Crippen LogP contribution in [0.3, 0.4) is 0 Å². The van der Waals surface area contributed by atoms with Crippen molar-refractivity contribution in [1.29, 1.82) is 0 Å². The third-order valence-corrected chi connectivity index (χ3v) is 2.32. The Bertz CT molecular complexity index is 424. The maximum Gasteiger partial charge on any atom is 0.191 e.